The Morgan fingerprint density at radius 2 is 1.80 bits per heavy atom. The van der Waals surface area contributed by atoms with Gasteiger partial charge in [0.2, 0.25) is 0 Å². The van der Waals surface area contributed by atoms with E-state index in [-0.39, 0.29) is 0 Å². The summed E-state index contributed by atoms with van der Waals surface area (Å²) in [4.78, 5) is 10.4. The molecule has 0 atom stereocenters. The van der Waals surface area contributed by atoms with Crippen LogP contribution in [0.15, 0.2) is 18.2 Å². The lowest BCUT2D eigenvalue weighted by Gasteiger charge is -2.08. The standard InChI is InChI=1S/C8H4F5NO/c9-4-2-1-3-5(6(4)10)14-7(15)8(11,12)13/h1-3H,(H,14,15). The Morgan fingerprint density at radius 1 is 1.20 bits per heavy atom. The Morgan fingerprint density at radius 3 is 2.33 bits per heavy atom. The minimum Gasteiger partial charge on any atom is -0.316 e. The van der Waals surface area contributed by atoms with Crippen molar-refractivity contribution >= 4 is 11.6 Å². The molecule has 1 aromatic rings. The van der Waals surface area contributed by atoms with E-state index in [2.05, 4.69) is 0 Å². The summed E-state index contributed by atoms with van der Waals surface area (Å²) < 4.78 is 60.5. The lowest BCUT2D eigenvalue weighted by molar-refractivity contribution is -0.167. The van der Waals surface area contributed by atoms with Crippen LogP contribution < -0.4 is 5.32 Å². The molecule has 0 unspecified atom stereocenters. The third-order valence-corrected chi connectivity index (χ3v) is 1.46. The van der Waals surface area contributed by atoms with Gasteiger partial charge in [0.25, 0.3) is 0 Å². The molecule has 0 heterocycles. The zero-order chi connectivity index (χ0) is 11.6. The molecule has 0 fully saturated rings. The molecular weight excluding hydrogens is 221 g/mol. The molecule has 0 bridgehead atoms. The fourth-order valence-corrected chi connectivity index (χ4v) is 0.794. The number of benzene rings is 1. The lowest BCUT2D eigenvalue weighted by Crippen LogP contribution is -2.30. The van der Waals surface area contributed by atoms with Crippen LogP contribution in [0, 0.1) is 11.6 Å². The maximum absolute atomic E-state index is 12.8. The number of nitrogens with one attached hydrogen (secondary N) is 1. The Kier molecular flexibility index (Phi) is 2.92. The molecule has 0 saturated heterocycles. The van der Waals surface area contributed by atoms with Crippen LogP contribution in [0.25, 0.3) is 0 Å². The largest absolute Gasteiger partial charge is 0.471 e. The van der Waals surface area contributed by atoms with E-state index in [0.717, 1.165) is 18.2 Å². The fraction of sp³-hybridized carbons (Fsp3) is 0.125. The molecule has 2 nitrogen and oxygen atoms in total. The molecule has 82 valence electrons. The molecule has 1 aromatic carbocycles. The van der Waals surface area contributed by atoms with Crippen molar-refractivity contribution in [3.63, 3.8) is 0 Å². The van der Waals surface area contributed by atoms with Crippen LogP contribution in [0.1, 0.15) is 0 Å². The molecule has 0 saturated carbocycles. The topological polar surface area (TPSA) is 29.1 Å². The number of amides is 1. The summed E-state index contributed by atoms with van der Waals surface area (Å²) in [5.74, 6) is -5.22. The zero-order valence-corrected chi connectivity index (χ0v) is 7.03. The van der Waals surface area contributed by atoms with Crippen LogP contribution in [0.3, 0.4) is 0 Å². The average Bonchev–Trinajstić information content (AvgIpc) is 2.11. The number of alkyl halides is 3. The number of rotatable bonds is 1. The second kappa shape index (κ2) is 3.84. The number of carbonyl (C=O) groups excluding carboxylic acids is 1. The van der Waals surface area contributed by atoms with E-state index in [0.29, 0.717) is 0 Å². The first-order valence-corrected chi connectivity index (χ1v) is 3.64. The number of halogens is 5. The van der Waals surface area contributed by atoms with Gasteiger partial charge in [0, 0.05) is 0 Å². The van der Waals surface area contributed by atoms with Gasteiger partial charge in [-0.3, -0.25) is 4.79 Å². The van der Waals surface area contributed by atoms with E-state index in [9.17, 15) is 26.7 Å². The first-order valence-electron chi connectivity index (χ1n) is 3.64. The summed E-state index contributed by atoms with van der Waals surface area (Å²) in [5, 5.41) is 1.21. The Hall–Kier alpha value is -1.66. The van der Waals surface area contributed by atoms with Crippen molar-refractivity contribution in [3.8, 4) is 0 Å². The average molecular weight is 225 g/mol. The molecule has 7 heteroatoms. The van der Waals surface area contributed by atoms with E-state index in [1.54, 1.807) is 0 Å². The van der Waals surface area contributed by atoms with Crippen LogP contribution in [0.4, 0.5) is 27.6 Å². The molecule has 0 aliphatic carbocycles. The predicted molar refractivity (Wildman–Crippen MR) is 41.0 cm³/mol. The zero-order valence-electron chi connectivity index (χ0n) is 7.03. The van der Waals surface area contributed by atoms with Crippen molar-refractivity contribution in [2.75, 3.05) is 5.32 Å². The van der Waals surface area contributed by atoms with E-state index in [1.807, 2.05) is 0 Å². The molecule has 1 amide bonds. The summed E-state index contributed by atoms with van der Waals surface area (Å²) in [7, 11) is 0. The van der Waals surface area contributed by atoms with Gasteiger partial charge in [-0.1, -0.05) is 6.07 Å². The normalized spacial score (nSPS) is 11.3. The van der Waals surface area contributed by atoms with Gasteiger partial charge >= 0.3 is 12.1 Å². The smallest absolute Gasteiger partial charge is 0.316 e. The summed E-state index contributed by atoms with van der Waals surface area (Å²) in [6.07, 6.45) is -5.14. The summed E-state index contributed by atoms with van der Waals surface area (Å²) in [6.45, 7) is 0. The van der Waals surface area contributed by atoms with Crippen LogP contribution in [0.2, 0.25) is 0 Å². The Balaban J connectivity index is 2.91. The molecule has 0 radical (unpaired) electrons. The molecule has 0 aliphatic rings. The molecule has 0 aromatic heterocycles. The Labute approximate surface area is 80.7 Å². The first kappa shape index (κ1) is 11.4. The molecule has 15 heavy (non-hydrogen) atoms. The summed E-state index contributed by atoms with van der Waals surface area (Å²) in [5.41, 5.74) is -0.850. The second-order valence-corrected chi connectivity index (χ2v) is 2.55. The molecule has 0 spiro atoms. The van der Waals surface area contributed by atoms with E-state index in [1.165, 1.54) is 5.32 Å². The van der Waals surface area contributed by atoms with Crippen molar-refractivity contribution in [1.29, 1.82) is 0 Å². The third-order valence-electron chi connectivity index (χ3n) is 1.46. The maximum atomic E-state index is 12.8. The minimum absolute atomic E-state index is 0.721. The van der Waals surface area contributed by atoms with Gasteiger partial charge in [-0.2, -0.15) is 13.2 Å². The van der Waals surface area contributed by atoms with E-state index < -0.39 is 29.4 Å². The van der Waals surface area contributed by atoms with Crippen LogP contribution in [-0.2, 0) is 4.79 Å². The van der Waals surface area contributed by atoms with Crippen molar-refractivity contribution in [3.05, 3.63) is 29.8 Å². The third kappa shape index (κ3) is 2.64. The Bertz CT molecular complexity index is 387. The highest BCUT2D eigenvalue weighted by molar-refractivity contribution is 5.94. The van der Waals surface area contributed by atoms with Crippen molar-refractivity contribution < 1.29 is 26.7 Å². The summed E-state index contributed by atoms with van der Waals surface area (Å²) >= 11 is 0. The van der Waals surface area contributed by atoms with Crippen LogP contribution in [-0.4, -0.2) is 12.1 Å². The monoisotopic (exact) mass is 225 g/mol. The van der Waals surface area contributed by atoms with Gasteiger partial charge in [-0.05, 0) is 12.1 Å². The molecular formula is C8H4F5NO. The van der Waals surface area contributed by atoms with Gasteiger partial charge in [0.1, 0.15) is 0 Å². The van der Waals surface area contributed by atoms with E-state index in [4.69, 9.17) is 0 Å². The molecule has 1 N–H and O–H groups in total. The van der Waals surface area contributed by atoms with E-state index >= 15 is 0 Å². The molecule has 0 aliphatic heterocycles. The highest BCUT2D eigenvalue weighted by atomic mass is 19.4. The first-order chi connectivity index (χ1) is 6.82. The van der Waals surface area contributed by atoms with Gasteiger partial charge in [-0.25, -0.2) is 8.78 Å². The van der Waals surface area contributed by atoms with Crippen molar-refractivity contribution in [2.24, 2.45) is 0 Å². The van der Waals surface area contributed by atoms with Crippen LogP contribution in [0.5, 0.6) is 0 Å². The van der Waals surface area contributed by atoms with Crippen LogP contribution >= 0.6 is 0 Å². The lowest BCUT2D eigenvalue weighted by atomic mass is 10.3. The van der Waals surface area contributed by atoms with Gasteiger partial charge < -0.3 is 5.32 Å². The number of anilines is 1. The minimum atomic E-state index is -5.14. The molecule has 1 rings (SSSR count). The maximum Gasteiger partial charge on any atom is 0.471 e. The second-order valence-electron chi connectivity index (χ2n) is 2.55. The predicted octanol–water partition coefficient (Wildman–Crippen LogP) is 2.47. The van der Waals surface area contributed by atoms with Gasteiger partial charge in [0.15, 0.2) is 11.6 Å². The summed E-state index contributed by atoms with van der Waals surface area (Å²) in [6, 6.07) is 2.52. The quantitative estimate of drug-likeness (QED) is 0.731. The highest BCUT2D eigenvalue weighted by Crippen LogP contribution is 2.21. The SMILES string of the molecule is O=C(Nc1cccc(F)c1F)C(F)(F)F. The number of hydrogen-bond acceptors (Lipinski definition) is 1. The fourth-order valence-electron chi connectivity index (χ4n) is 0.794. The highest BCUT2D eigenvalue weighted by Gasteiger charge is 2.39. The van der Waals surface area contributed by atoms with Crippen molar-refractivity contribution in [2.45, 2.75) is 6.18 Å². The number of hydrogen-bond donors (Lipinski definition) is 1. The number of carbonyl (C=O) groups is 1. The van der Waals surface area contributed by atoms with Gasteiger partial charge in [0.05, 0.1) is 5.69 Å². The van der Waals surface area contributed by atoms with Gasteiger partial charge in [-0.15, -0.1) is 0 Å². The van der Waals surface area contributed by atoms with Crippen molar-refractivity contribution in [1.82, 2.24) is 0 Å².